The first kappa shape index (κ1) is 15.4. The Hall–Kier alpha value is -1.63. The Bertz CT molecular complexity index is 497. The summed E-state index contributed by atoms with van der Waals surface area (Å²) in [4.78, 5) is 13.4. The maximum Gasteiger partial charge on any atom is 0.254 e. The summed E-state index contributed by atoms with van der Waals surface area (Å²) in [7, 11) is 0. The van der Waals surface area contributed by atoms with Crippen molar-refractivity contribution in [2.75, 3.05) is 6.54 Å². The quantitative estimate of drug-likeness (QED) is 0.683. The van der Waals surface area contributed by atoms with E-state index in [1.165, 1.54) is 4.90 Å². The standard InChI is InChI=1S/C12H13F3N2OS/c1-6(2)17(5-10(16)19)12(18)7-3-8(13)11(15)9(14)4-7/h3-4,6H,5H2,1-2H3,(H2,16,19). The van der Waals surface area contributed by atoms with E-state index in [0.717, 1.165) is 0 Å². The summed E-state index contributed by atoms with van der Waals surface area (Å²) in [6.07, 6.45) is 0. The first-order chi connectivity index (χ1) is 8.73. The number of halogens is 3. The highest BCUT2D eigenvalue weighted by molar-refractivity contribution is 7.80. The van der Waals surface area contributed by atoms with Crippen LogP contribution in [0.3, 0.4) is 0 Å². The second kappa shape index (κ2) is 6.01. The second-order valence-corrected chi connectivity index (χ2v) is 4.77. The van der Waals surface area contributed by atoms with Gasteiger partial charge in [-0.15, -0.1) is 0 Å². The van der Waals surface area contributed by atoms with Crippen LogP contribution in [0, 0.1) is 17.5 Å². The van der Waals surface area contributed by atoms with Crippen LogP contribution >= 0.6 is 12.2 Å². The molecular formula is C12H13F3N2OS. The molecule has 19 heavy (non-hydrogen) atoms. The fraction of sp³-hybridized carbons (Fsp3) is 0.333. The van der Waals surface area contributed by atoms with E-state index in [2.05, 4.69) is 0 Å². The second-order valence-electron chi connectivity index (χ2n) is 4.25. The number of hydrogen-bond acceptors (Lipinski definition) is 2. The van der Waals surface area contributed by atoms with Gasteiger partial charge in [0.1, 0.15) is 0 Å². The zero-order valence-electron chi connectivity index (χ0n) is 10.4. The number of benzene rings is 1. The van der Waals surface area contributed by atoms with E-state index in [1.807, 2.05) is 0 Å². The van der Waals surface area contributed by atoms with Gasteiger partial charge in [0.25, 0.3) is 5.91 Å². The Morgan fingerprint density at radius 2 is 1.79 bits per heavy atom. The largest absolute Gasteiger partial charge is 0.392 e. The lowest BCUT2D eigenvalue weighted by molar-refractivity contribution is 0.0735. The lowest BCUT2D eigenvalue weighted by Crippen LogP contribution is -2.42. The van der Waals surface area contributed by atoms with E-state index >= 15 is 0 Å². The molecule has 1 aromatic rings. The Morgan fingerprint density at radius 3 is 2.16 bits per heavy atom. The zero-order valence-corrected chi connectivity index (χ0v) is 11.2. The summed E-state index contributed by atoms with van der Waals surface area (Å²) in [6.45, 7) is 3.38. The van der Waals surface area contributed by atoms with Crippen molar-refractivity contribution in [3.05, 3.63) is 35.1 Å². The van der Waals surface area contributed by atoms with Gasteiger partial charge >= 0.3 is 0 Å². The lowest BCUT2D eigenvalue weighted by Gasteiger charge is -2.26. The Kier molecular flexibility index (Phi) is 4.88. The molecule has 0 bridgehead atoms. The van der Waals surface area contributed by atoms with Crippen LogP contribution in [0.4, 0.5) is 13.2 Å². The van der Waals surface area contributed by atoms with Crippen LogP contribution in [0.5, 0.6) is 0 Å². The number of hydrogen-bond donors (Lipinski definition) is 1. The molecule has 0 spiro atoms. The maximum atomic E-state index is 13.1. The monoisotopic (exact) mass is 290 g/mol. The van der Waals surface area contributed by atoms with Gasteiger partial charge < -0.3 is 10.6 Å². The zero-order chi connectivity index (χ0) is 14.7. The van der Waals surface area contributed by atoms with Crippen LogP contribution in [0.2, 0.25) is 0 Å². The summed E-state index contributed by atoms with van der Waals surface area (Å²) < 4.78 is 39.0. The molecule has 0 aliphatic carbocycles. The molecular weight excluding hydrogens is 277 g/mol. The van der Waals surface area contributed by atoms with E-state index in [4.69, 9.17) is 18.0 Å². The van der Waals surface area contributed by atoms with Crippen LogP contribution in [0.25, 0.3) is 0 Å². The Labute approximate surface area is 114 Å². The number of rotatable bonds is 4. The lowest BCUT2D eigenvalue weighted by atomic mass is 10.1. The third-order valence-corrected chi connectivity index (χ3v) is 2.57. The molecule has 3 nitrogen and oxygen atoms in total. The van der Waals surface area contributed by atoms with Crippen molar-refractivity contribution in [3.8, 4) is 0 Å². The molecule has 0 atom stereocenters. The van der Waals surface area contributed by atoms with Gasteiger partial charge in [-0.05, 0) is 26.0 Å². The molecule has 0 aliphatic heterocycles. The topological polar surface area (TPSA) is 46.3 Å². The van der Waals surface area contributed by atoms with Gasteiger partial charge in [0, 0.05) is 11.6 Å². The van der Waals surface area contributed by atoms with E-state index in [1.54, 1.807) is 13.8 Å². The molecule has 0 heterocycles. The van der Waals surface area contributed by atoms with Crippen molar-refractivity contribution < 1.29 is 18.0 Å². The predicted molar refractivity (Wildman–Crippen MR) is 69.3 cm³/mol. The first-order valence-corrected chi connectivity index (χ1v) is 5.88. The molecule has 104 valence electrons. The number of amides is 1. The molecule has 7 heteroatoms. The normalized spacial score (nSPS) is 10.6. The number of nitrogens with two attached hydrogens (primary N) is 1. The van der Waals surface area contributed by atoms with E-state index in [9.17, 15) is 18.0 Å². The minimum absolute atomic E-state index is 0.0214. The Morgan fingerprint density at radius 1 is 1.32 bits per heavy atom. The van der Waals surface area contributed by atoms with Crippen molar-refractivity contribution in [1.82, 2.24) is 4.90 Å². The highest BCUT2D eigenvalue weighted by atomic mass is 32.1. The molecule has 0 saturated heterocycles. The third-order valence-electron chi connectivity index (χ3n) is 2.44. The van der Waals surface area contributed by atoms with Crippen molar-refractivity contribution in [3.63, 3.8) is 0 Å². The highest BCUT2D eigenvalue weighted by Gasteiger charge is 2.22. The van der Waals surface area contributed by atoms with Crippen molar-refractivity contribution in [2.45, 2.75) is 19.9 Å². The Balaban J connectivity index is 3.13. The number of nitrogens with zero attached hydrogens (tertiary/aromatic N) is 1. The molecule has 0 aliphatic rings. The van der Waals surface area contributed by atoms with Crippen molar-refractivity contribution in [2.24, 2.45) is 5.73 Å². The molecule has 0 saturated carbocycles. The summed E-state index contributed by atoms with van der Waals surface area (Å²) in [5.41, 5.74) is 5.07. The van der Waals surface area contributed by atoms with Crippen LogP contribution in [-0.4, -0.2) is 28.4 Å². The van der Waals surface area contributed by atoms with Gasteiger partial charge in [0.2, 0.25) is 0 Å². The molecule has 1 rings (SSSR count). The minimum atomic E-state index is -1.61. The maximum absolute atomic E-state index is 13.1. The molecule has 0 unspecified atom stereocenters. The number of carbonyl (C=O) groups excluding carboxylic acids is 1. The molecule has 1 aromatic carbocycles. The summed E-state index contributed by atoms with van der Waals surface area (Å²) in [6, 6.07) is 1.02. The van der Waals surface area contributed by atoms with E-state index < -0.39 is 23.4 Å². The summed E-state index contributed by atoms with van der Waals surface area (Å²) in [5, 5.41) is 0. The van der Waals surface area contributed by atoms with Gasteiger partial charge in [0.05, 0.1) is 11.5 Å². The molecule has 1 amide bonds. The fourth-order valence-electron chi connectivity index (χ4n) is 1.50. The van der Waals surface area contributed by atoms with Crippen LogP contribution in [0.1, 0.15) is 24.2 Å². The summed E-state index contributed by atoms with van der Waals surface area (Å²) >= 11 is 4.71. The smallest absolute Gasteiger partial charge is 0.254 e. The summed E-state index contributed by atoms with van der Waals surface area (Å²) in [5.74, 6) is -5.10. The molecule has 2 N–H and O–H groups in total. The van der Waals surface area contributed by atoms with Gasteiger partial charge in [0.15, 0.2) is 17.5 Å². The van der Waals surface area contributed by atoms with Crippen LogP contribution < -0.4 is 5.73 Å². The van der Waals surface area contributed by atoms with Gasteiger partial charge in [-0.25, -0.2) is 13.2 Å². The van der Waals surface area contributed by atoms with Gasteiger partial charge in [-0.1, -0.05) is 12.2 Å². The van der Waals surface area contributed by atoms with Crippen molar-refractivity contribution >= 4 is 23.1 Å². The first-order valence-electron chi connectivity index (χ1n) is 5.47. The number of thiocarbonyl (C=S) groups is 1. The van der Waals surface area contributed by atoms with Crippen LogP contribution in [0.15, 0.2) is 12.1 Å². The molecule has 0 fully saturated rings. The number of carbonyl (C=O) groups is 1. The third kappa shape index (κ3) is 3.66. The molecule has 0 aromatic heterocycles. The van der Waals surface area contributed by atoms with Crippen LogP contribution in [-0.2, 0) is 0 Å². The molecule has 0 radical (unpaired) electrons. The minimum Gasteiger partial charge on any atom is -0.392 e. The van der Waals surface area contributed by atoms with Gasteiger partial charge in [-0.3, -0.25) is 4.79 Å². The van der Waals surface area contributed by atoms with Crippen molar-refractivity contribution in [1.29, 1.82) is 0 Å². The van der Waals surface area contributed by atoms with E-state index in [0.29, 0.717) is 12.1 Å². The fourth-order valence-corrected chi connectivity index (χ4v) is 1.64. The SMILES string of the molecule is CC(C)N(CC(N)=S)C(=O)c1cc(F)c(F)c(F)c1. The highest BCUT2D eigenvalue weighted by Crippen LogP contribution is 2.16. The average Bonchev–Trinajstić information content (AvgIpc) is 2.31. The predicted octanol–water partition coefficient (Wildman–Crippen LogP) is 2.24. The van der Waals surface area contributed by atoms with Gasteiger partial charge in [-0.2, -0.15) is 0 Å². The average molecular weight is 290 g/mol. The van der Waals surface area contributed by atoms with E-state index in [-0.39, 0.29) is 23.1 Å².